The Balaban J connectivity index is 2.21. The van der Waals surface area contributed by atoms with Crippen LogP contribution in [0.4, 0.5) is 0 Å². The zero-order chi connectivity index (χ0) is 13.1. The summed E-state index contributed by atoms with van der Waals surface area (Å²) in [4.78, 5) is 0. The van der Waals surface area contributed by atoms with E-state index in [-0.39, 0.29) is 0 Å². The Labute approximate surface area is 112 Å². The summed E-state index contributed by atoms with van der Waals surface area (Å²) in [6, 6.07) is 7.17. The van der Waals surface area contributed by atoms with Gasteiger partial charge in [0.2, 0.25) is 0 Å². The smallest absolute Gasteiger partial charge is 0.0108 e. The van der Waals surface area contributed by atoms with Gasteiger partial charge in [-0.25, -0.2) is 0 Å². The van der Waals surface area contributed by atoms with Crippen molar-refractivity contribution < 1.29 is 0 Å². The van der Waals surface area contributed by atoms with Crippen LogP contribution < -0.4 is 5.73 Å². The van der Waals surface area contributed by atoms with Crippen molar-refractivity contribution in [3.05, 3.63) is 34.9 Å². The molecule has 0 amide bonds. The van der Waals surface area contributed by atoms with E-state index in [1.54, 1.807) is 0 Å². The van der Waals surface area contributed by atoms with E-state index in [1.165, 1.54) is 48.8 Å². The van der Waals surface area contributed by atoms with Gasteiger partial charge in [-0.15, -0.1) is 0 Å². The average molecular weight is 245 g/mol. The minimum absolute atomic E-state index is 0.360. The van der Waals surface area contributed by atoms with Crippen LogP contribution in [0.2, 0.25) is 0 Å². The summed E-state index contributed by atoms with van der Waals surface area (Å²) in [5, 5.41) is 0. The molecule has 3 unspecified atom stereocenters. The minimum atomic E-state index is 0.360. The van der Waals surface area contributed by atoms with Crippen molar-refractivity contribution >= 4 is 0 Å². The first-order valence-electron chi connectivity index (χ1n) is 7.44. The van der Waals surface area contributed by atoms with Crippen LogP contribution in [0.25, 0.3) is 0 Å². The van der Waals surface area contributed by atoms with Crippen LogP contribution in [-0.4, -0.2) is 6.04 Å². The summed E-state index contributed by atoms with van der Waals surface area (Å²) in [7, 11) is 0. The third kappa shape index (κ3) is 2.95. The molecule has 2 N–H and O–H groups in total. The fourth-order valence-electron chi connectivity index (χ4n) is 3.47. The molecule has 1 fully saturated rings. The quantitative estimate of drug-likeness (QED) is 0.843. The number of rotatable bonds is 3. The zero-order valence-corrected chi connectivity index (χ0v) is 12.1. The third-order valence-corrected chi connectivity index (χ3v) is 4.54. The molecule has 0 bridgehead atoms. The number of benzene rings is 1. The Morgan fingerprint density at radius 3 is 2.72 bits per heavy atom. The predicted molar refractivity (Wildman–Crippen MR) is 78.9 cm³/mol. The molecule has 1 heteroatoms. The van der Waals surface area contributed by atoms with Gasteiger partial charge in [0, 0.05) is 6.04 Å². The van der Waals surface area contributed by atoms with Crippen molar-refractivity contribution in [2.24, 2.45) is 11.7 Å². The molecule has 1 aliphatic carbocycles. The van der Waals surface area contributed by atoms with Crippen LogP contribution in [0.15, 0.2) is 18.2 Å². The monoisotopic (exact) mass is 245 g/mol. The lowest BCUT2D eigenvalue weighted by Gasteiger charge is -2.35. The molecule has 0 aromatic heterocycles. The van der Waals surface area contributed by atoms with E-state index in [2.05, 4.69) is 39.0 Å². The Morgan fingerprint density at radius 2 is 2.00 bits per heavy atom. The Kier molecular flexibility index (Phi) is 4.45. The number of aryl methyl sites for hydroxylation is 2. The first-order chi connectivity index (χ1) is 8.61. The molecule has 1 nitrogen and oxygen atoms in total. The van der Waals surface area contributed by atoms with Gasteiger partial charge in [0.1, 0.15) is 0 Å². The van der Waals surface area contributed by atoms with Crippen LogP contribution in [-0.2, 0) is 0 Å². The second-order valence-electron chi connectivity index (χ2n) is 6.10. The van der Waals surface area contributed by atoms with Gasteiger partial charge in [0.25, 0.3) is 0 Å². The molecule has 0 aliphatic heterocycles. The lowest BCUT2D eigenvalue weighted by atomic mass is 9.72. The maximum Gasteiger partial charge on any atom is 0.0108 e. The highest BCUT2D eigenvalue weighted by Crippen LogP contribution is 2.38. The summed E-state index contributed by atoms with van der Waals surface area (Å²) in [5.41, 5.74) is 10.7. The van der Waals surface area contributed by atoms with Crippen LogP contribution in [0, 0.1) is 19.8 Å². The molecule has 1 aromatic rings. The van der Waals surface area contributed by atoms with E-state index in [0.29, 0.717) is 12.0 Å². The fraction of sp³-hybridized carbons (Fsp3) is 0.647. The van der Waals surface area contributed by atoms with Gasteiger partial charge in [-0.05, 0) is 56.1 Å². The molecule has 100 valence electrons. The molecule has 1 saturated carbocycles. The first-order valence-corrected chi connectivity index (χ1v) is 7.44. The van der Waals surface area contributed by atoms with Crippen LogP contribution in [0.5, 0.6) is 0 Å². The molecular formula is C17H27N. The lowest BCUT2D eigenvalue weighted by Crippen LogP contribution is -2.35. The van der Waals surface area contributed by atoms with Crippen molar-refractivity contribution in [2.45, 2.75) is 64.8 Å². The van der Waals surface area contributed by atoms with Crippen LogP contribution in [0.1, 0.15) is 61.6 Å². The third-order valence-electron chi connectivity index (χ3n) is 4.54. The minimum Gasteiger partial charge on any atom is -0.327 e. The van der Waals surface area contributed by atoms with E-state index < -0.39 is 0 Å². The molecule has 0 saturated heterocycles. The maximum absolute atomic E-state index is 6.39. The Bertz CT molecular complexity index is 397. The van der Waals surface area contributed by atoms with E-state index >= 15 is 0 Å². The van der Waals surface area contributed by atoms with Crippen molar-refractivity contribution in [3.63, 3.8) is 0 Å². The second kappa shape index (κ2) is 5.88. The average Bonchev–Trinajstić information content (AvgIpc) is 2.35. The van der Waals surface area contributed by atoms with Gasteiger partial charge >= 0.3 is 0 Å². The van der Waals surface area contributed by atoms with E-state index in [4.69, 9.17) is 5.73 Å². The molecule has 18 heavy (non-hydrogen) atoms. The van der Waals surface area contributed by atoms with Gasteiger partial charge in [-0.2, -0.15) is 0 Å². The van der Waals surface area contributed by atoms with Crippen molar-refractivity contribution in [2.75, 3.05) is 0 Å². The topological polar surface area (TPSA) is 26.0 Å². The molecule has 3 atom stereocenters. The predicted octanol–water partition coefficient (Wildman–Crippen LogP) is 4.31. The zero-order valence-electron chi connectivity index (χ0n) is 12.1. The van der Waals surface area contributed by atoms with E-state index in [0.717, 1.165) is 5.92 Å². The molecule has 2 rings (SSSR count). The lowest BCUT2D eigenvalue weighted by molar-refractivity contribution is 0.274. The number of nitrogens with two attached hydrogens (primary N) is 1. The SMILES string of the molecule is CCCC1CCC(N)C(c2cc(C)ccc2C)C1. The summed E-state index contributed by atoms with van der Waals surface area (Å²) in [5.74, 6) is 1.47. The summed E-state index contributed by atoms with van der Waals surface area (Å²) < 4.78 is 0. The first kappa shape index (κ1) is 13.6. The van der Waals surface area contributed by atoms with Crippen LogP contribution >= 0.6 is 0 Å². The highest BCUT2D eigenvalue weighted by atomic mass is 14.7. The Morgan fingerprint density at radius 1 is 1.22 bits per heavy atom. The van der Waals surface area contributed by atoms with Crippen molar-refractivity contribution in [1.29, 1.82) is 0 Å². The maximum atomic E-state index is 6.39. The van der Waals surface area contributed by atoms with Gasteiger partial charge in [-0.1, -0.05) is 43.5 Å². The van der Waals surface area contributed by atoms with Gasteiger partial charge < -0.3 is 5.73 Å². The standard InChI is InChI=1S/C17H27N/c1-4-5-14-8-9-17(18)16(11-14)15-10-12(2)6-7-13(15)3/h6-7,10,14,16-17H,4-5,8-9,11,18H2,1-3H3. The highest BCUT2D eigenvalue weighted by molar-refractivity contribution is 5.34. The largest absolute Gasteiger partial charge is 0.327 e. The molecule has 0 radical (unpaired) electrons. The molecule has 0 spiro atoms. The second-order valence-corrected chi connectivity index (χ2v) is 6.10. The van der Waals surface area contributed by atoms with Crippen LogP contribution in [0.3, 0.4) is 0 Å². The number of hydrogen-bond donors (Lipinski definition) is 1. The van der Waals surface area contributed by atoms with Crippen molar-refractivity contribution in [3.8, 4) is 0 Å². The molecule has 1 aromatic carbocycles. The van der Waals surface area contributed by atoms with Gasteiger partial charge in [0.15, 0.2) is 0 Å². The van der Waals surface area contributed by atoms with E-state index in [9.17, 15) is 0 Å². The highest BCUT2D eigenvalue weighted by Gasteiger charge is 2.29. The van der Waals surface area contributed by atoms with Gasteiger partial charge in [0.05, 0.1) is 0 Å². The van der Waals surface area contributed by atoms with Crippen molar-refractivity contribution in [1.82, 2.24) is 0 Å². The normalized spacial score (nSPS) is 28.3. The summed E-state index contributed by atoms with van der Waals surface area (Å²) in [6.45, 7) is 6.70. The van der Waals surface area contributed by atoms with E-state index in [1.807, 2.05) is 0 Å². The summed E-state index contributed by atoms with van der Waals surface area (Å²) in [6.07, 6.45) is 6.49. The summed E-state index contributed by atoms with van der Waals surface area (Å²) >= 11 is 0. The number of hydrogen-bond acceptors (Lipinski definition) is 1. The molecule has 0 heterocycles. The molecule has 1 aliphatic rings. The van der Waals surface area contributed by atoms with Gasteiger partial charge in [-0.3, -0.25) is 0 Å². The Hall–Kier alpha value is -0.820. The molecular weight excluding hydrogens is 218 g/mol. The fourth-order valence-corrected chi connectivity index (χ4v) is 3.47.